The lowest BCUT2D eigenvalue weighted by atomic mass is 9.82. The molecule has 1 aromatic rings. The van der Waals surface area contributed by atoms with Gasteiger partial charge in [-0.25, -0.2) is 5.43 Å². The van der Waals surface area contributed by atoms with Crippen molar-refractivity contribution in [2.75, 3.05) is 14.1 Å². The van der Waals surface area contributed by atoms with Gasteiger partial charge in [-0.3, -0.25) is 10.5 Å². The lowest BCUT2D eigenvalue weighted by Crippen LogP contribution is -2.55. The van der Waals surface area contributed by atoms with Crippen molar-refractivity contribution in [3.05, 3.63) is 18.0 Å². The van der Waals surface area contributed by atoms with E-state index in [9.17, 15) is 0 Å². The number of aryl methyl sites for hydroxylation is 1. The molecule has 5 nitrogen and oxygen atoms in total. The highest BCUT2D eigenvalue weighted by Crippen LogP contribution is 2.35. The van der Waals surface area contributed by atoms with Gasteiger partial charge >= 0.3 is 0 Å². The molecule has 1 unspecified atom stereocenters. The highest BCUT2D eigenvalue weighted by molar-refractivity contribution is 5.14. The first-order valence-electron chi connectivity index (χ1n) is 6.15. The second-order valence-electron chi connectivity index (χ2n) is 4.68. The molecule has 0 aliphatic rings. The number of hydrazine groups is 1. The predicted molar refractivity (Wildman–Crippen MR) is 70.3 cm³/mol. The van der Waals surface area contributed by atoms with E-state index >= 15 is 0 Å². The van der Waals surface area contributed by atoms with Gasteiger partial charge in [0.05, 0.1) is 11.7 Å². The van der Waals surface area contributed by atoms with Crippen LogP contribution in [0.2, 0.25) is 0 Å². The molecule has 0 saturated heterocycles. The number of likely N-dealkylation sites (N-methyl/N-ethyl adjacent to an activating group) is 1. The van der Waals surface area contributed by atoms with E-state index in [1.165, 1.54) is 0 Å². The molecule has 1 aromatic heterocycles. The van der Waals surface area contributed by atoms with E-state index in [0.29, 0.717) is 0 Å². The van der Waals surface area contributed by atoms with Gasteiger partial charge in [0.1, 0.15) is 0 Å². The summed E-state index contributed by atoms with van der Waals surface area (Å²) in [5.74, 6) is 5.79. The van der Waals surface area contributed by atoms with Crippen molar-refractivity contribution >= 4 is 0 Å². The molecule has 0 saturated carbocycles. The molecule has 1 atom stereocenters. The molecular weight excluding hydrogens is 214 g/mol. The average molecular weight is 239 g/mol. The van der Waals surface area contributed by atoms with Crippen LogP contribution < -0.4 is 11.3 Å². The molecule has 0 amide bonds. The van der Waals surface area contributed by atoms with Gasteiger partial charge in [-0.05, 0) is 33.0 Å². The van der Waals surface area contributed by atoms with Crippen molar-refractivity contribution in [2.24, 2.45) is 12.9 Å². The molecule has 0 fully saturated rings. The summed E-state index contributed by atoms with van der Waals surface area (Å²) >= 11 is 0. The van der Waals surface area contributed by atoms with Gasteiger partial charge in [0.25, 0.3) is 0 Å². The second-order valence-corrected chi connectivity index (χ2v) is 4.68. The van der Waals surface area contributed by atoms with Crippen LogP contribution in [0.1, 0.15) is 38.4 Å². The summed E-state index contributed by atoms with van der Waals surface area (Å²) in [6, 6.07) is 2.09. The molecule has 0 aliphatic heterocycles. The van der Waals surface area contributed by atoms with Crippen molar-refractivity contribution in [2.45, 2.75) is 38.3 Å². The number of hydrogen-bond donors (Lipinski definition) is 2. The fourth-order valence-corrected chi connectivity index (χ4v) is 2.73. The van der Waals surface area contributed by atoms with Gasteiger partial charge in [-0.2, -0.15) is 5.10 Å². The van der Waals surface area contributed by atoms with Gasteiger partial charge in [-0.1, -0.05) is 13.8 Å². The number of nitrogens with two attached hydrogens (primary N) is 1. The van der Waals surface area contributed by atoms with Crippen LogP contribution in [-0.4, -0.2) is 34.3 Å². The Kier molecular flexibility index (Phi) is 4.68. The van der Waals surface area contributed by atoms with E-state index in [2.05, 4.69) is 43.4 Å². The highest BCUT2D eigenvalue weighted by atomic mass is 15.3. The monoisotopic (exact) mass is 239 g/mol. The molecule has 5 heteroatoms. The van der Waals surface area contributed by atoms with E-state index < -0.39 is 0 Å². The Morgan fingerprint density at radius 1 is 1.47 bits per heavy atom. The summed E-state index contributed by atoms with van der Waals surface area (Å²) in [5, 5.41) is 4.23. The smallest absolute Gasteiger partial charge is 0.0811 e. The van der Waals surface area contributed by atoms with E-state index in [-0.39, 0.29) is 11.6 Å². The highest BCUT2D eigenvalue weighted by Gasteiger charge is 2.39. The lowest BCUT2D eigenvalue weighted by Gasteiger charge is -2.44. The third-order valence-electron chi connectivity index (χ3n) is 3.97. The van der Waals surface area contributed by atoms with Gasteiger partial charge in [0.2, 0.25) is 0 Å². The maximum atomic E-state index is 5.79. The minimum Gasteiger partial charge on any atom is -0.302 e. The molecular formula is C12H25N5. The molecule has 0 aliphatic carbocycles. The van der Waals surface area contributed by atoms with Crippen LogP contribution in [0, 0.1) is 0 Å². The first kappa shape index (κ1) is 14.2. The zero-order valence-electron chi connectivity index (χ0n) is 11.6. The van der Waals surface area contributed by atoms with E-state index in [4.69, 9.17) is 5.84 Å². The quantitative estimate of drug-likeness (QED) is 0.575. The lowest BCUT2D eigenvalue weighted by molar-refractivity contribution is 0.0845. The van der Waals surface area contributed by atoms with E-state index in [1.807, 2.05) is 24.0 Å². The summed E-state index contributed by atoms with van der Waals surface area (Å²) < 4.78 is 1.88. The van der Waals surface area contributed by atoms with Crippen LogP contribution >= 0.6 is 0 Å². The van der Waals surface area contributed by atoms with Crippen molar-refractivity contribution < 1.29 is 0 Å². The van der Waals surface area contributed by atoms with E-state index in [0.717, 1.165) is 18.5 Å². The number of nitrogens with zero attached hydrogens (tertiary/aromatic N) is 3. The van der Waals surface area contributed by atoms with Crippen LogP contribution in [0.5, 0.6) is 0 Å². The fourth-order valence-electron chi connectivity index (χ4n) is 2.73. The largest absolute Gasteiger partial charge is 0.302 e. The number of nitrogens with one attached hydrogen (secondary N) is 1. The topological polar surface area (TPSA) is 59.1 Å². The minimum absolute atomic E-state index is 0.00252. The Morgan fingerprint density at radius 3 is 2.35 bits per heavy atom. The predicted octanol–water partition coefficient (Wildman–Crippen LogP) is 1.04. The van der Waals surface area contributed by atoms with Crippen molar-refractivity contribution in [3.63, 3.8) is 0 Å². The second kappa shape index (κ2) is 5.62. The van der Waals surface area contributed by atoms with Crippen molar-refractivity contribution in [1.29, 1.82) is 0 Å². The zero-order chi connectivity index (χ0) is 13.1. The maximum absolute atomic E-state index is 5.79. The molecule has 0 radical (unpaired) electrons. The molecule has 3 N–H and O–H groups in total. The number of hydrogen-bond acceptors (Lipinski definition) is 4. The Labute approximate surface area is 104 Å². The molecule has 0 bridgehead atoms. The molecule has 0 spiro atoms. The molecule has 98 valence electrons. The minimum atomic E-state index is 0.00252. The maximum Gasteiger partial charge on any atom is 0.0811 e. The summed E-state index contributed by atoms with van der Waals surface area (Å²) in [4.78, 5) is 2.25. The van der Waals surface area contributed by atoms with Crippen LogP contribution in [0.15, 0.2) is 12.3 Å². The van der Waals surface area contributed by atoms with Gasteiger partial charge < -0.3 is 4.90 Å². The zero-order valence-corrected chi connectivity index (χ0v) is 11.6. The standard InChI is InChI=1S/C12H25N5/c1-6-12(7-2,16(3)4)11(15-13)10-8-9-14-17(10)5/h8-9,11,15H,6-7,13H2,1-5H3. The Morgan fingerprint density at radius 2 is 2.06 bits per heavy atom. The Bertz CT molecular complexity index is 340. The number of rotatable bonds is 6. The first-order valence-corrected chi connectivity index (χ1v) is 6.15. The Balaban J connectivity index is 3.19. The summed E-state index contributed by atoms with van der Waals surface area (Å²) in [7, 11) is 6.16. The fraction of sp³-hybridized carbons (Fsp3) is 0.750. The van der Waals surface area contributed by atoms with Crippen molar-refractivity contribution in [1.82, 2.24) is 20.1 Å². The summed E-state index contributed by atoms with van der Waals surface area (Å²) in [5.41, 5.74) is 4.09. The van der Waals surface area contributed by atoms with Crippen LogP contribution in [0.3, 0.4) is 0 Å². The third kappa shape index (κ3) is 2.36. The SMILES string of the molecule is CCC(CC)(C(NN)c1ccnn1C)N(C)C. The summed E-state index contributed by atoms with van der Waals surface area (Å²) in [6.45, 7) is 4.40. The van der Waals surface area contributed by atoms with E-state index in [1.54, 1.807) is 0 Å². The summed E-state index contributed by atoms with van der Waals surface area (Å²) in [6.07, 6.45) is 3.86. The van der Waals surface area contributed by atoms with Crippen LogP contribution in [-0.2, 0) is 7.05 Å². The molecule has 0 aromatic carbocycles. The van der Waals surface area contributed by atoms with Gasteiger partial charge in [0, 0.05) is 18.8 Å². The molecule has 17 heavy (non-hydrogen) atoms. The first-order chi connectivity index (χ1) is 8.03. The van der Waals surface area contributed by atoms with Crippen LogP contribution in [0.4, 0.5) is 0 Å². The molecule has 1 heterocycles. The third-order valence-corrected chi connectivity index (χ3v) is 3.97. The average Bonchev–Trinajstić information content (AvgIpc) is 2.72. The number of aromatic nitrogens is 2. The van der Waals surface area contributed by atoms with Crippen molar-refractivity contribution in [3.8, 4) is 0 Å². The normalized spacial score (nSPS) is 14.3. The molecule has 1 rings (SSSR count). The van der Waals surface area contributed by atoms with Crippen LogP contribution in [0.25, 0.3) is 0 Å². The Hall–Kier alpha value is -0.910. The van der Waals surface area contributed by atoms with Gasteiger partial charge in [0.15, 0.2) is 0 Å². The van der Waals surface area contributed by atoms with Gasteiger partial charge in [-0.15, -0.1) is 0 Å².